The zero-order chi connectivity index (χ0) is 25.9. The molecule has 1 saturated carbocycles. The Hall–Kier alpha value is -1.98. The van der Waals surface area contributed by atoms with Crippen molar-refractivity contribution in [2.75, 3.05) is 13.7 Å². The van der Waals surface area contributed by atoms with E-state index < -0.39 is 0 Å². The Kier molecular flexibility index (Phi) is 11.7. The van der Waals surface area contributed by atoms with Crippen LogP contribution in [0.1, 0.15) is 85.0 Å². The highest BCUT2D eigenvalue weighted by atomic mass is 16.7. The molecule has 200 valence electrons. The minimum absolute atomic E-state index is 0.0864. The smallest absolute Gasteiger partial charge is 0.305 e. The molecule has 2 fully saturated rings. The molecular weight excluding hydrogens is 452 g/mol. The maximum atomic E-state index is 12.8. The van der Waals surface area contributed by atoms with Gasteiger partial charge in [-0.3, -0.25) is 9.59 Å². The average Bonchev–Trinajstić information content (AvgIpc) is 3.37. The van der Waals surface area contributed by atoms with Crippen molar-refractivity contribution in [2.24, 2.45) is 23.7 Å². The predicted octanol–water partition coefficient (Wildman–Crippen LogP) is 6.89. The second-order valence-corrected chi connectivity index (χ2v) is 11.1. The first kappa shape index (κ1) is 28.6. The molecule has 2 aliphatic carbocycles. The highest BCUT2D eigenvalue weighted by molar-refractivity contribution is 5.89. The monoisotopic (exact) mass is 498 g/mol. The molecule has 6 atom stereocenters. The summed E-state index contributed by atoms with van der Waals surface area (Å²) in [5.74, 6) is 1.52. The van der Waals surface area contributed by atoms with E-state index in [0.717, 1.165) is 51.6 Å². The van der Waals surface area contributed by atoms with Crippen LogP contribution in [-0.4, -0.2) is 37.9 Å². The van der Waals surface area contributed by atoms with Gasteiger partial charge in [-0.05, 0) is 89.0 Å². The predicted molar refractivity (Wildman–Crippen MR) is 143 cm³/mol. The topological polar surface area (TPSA) is 61.8 Å². The van der Waals surface area contributed by atoms with Gasteiger partial charge in [0.15, 0.2) is 12.1 Å². The van der Waals surface area contributed by atoms with Gasteiger partial charge in [-0.1, -0.05) is 48.5 Å². The quantitative estimate of drug-likeness (QED) is 0.157. The van der Waals surface area contributed by atoms with Crippen molar-refractivity contribution < 1.29 is 23.8 Å². The van der Waals surface area contributed by atoms with Crippen LogP contribution in [0.15, 0.2) is 47.6 Å². The number of ether oxygens (including phenoxy) is 3. The van der Waals surface area contributed by atoms with Gasteiger partial charge in [0.05, 0.1) is 13.2 Å². The molecule has 1 saturated heterocycles. The van der Waals surface area contributed by atoms with Crippen molar-refractivity contribution >= 4 is 11.8 Å². The van der Waals surface area contributed by atoms with Crippen molar-refractivity contribution in [3.63, 3.8) is 0 Å². The normalized spacial score (nSPS) is 28.8. The lowest BCUT2D eigenvalue weighted by molar-refractivity contribution is -0.192. The Balaban J connectivity index is 1.60. The molecule has 0 aromatic heterocycles. The van der Waals surface area contributed by atoms with E-state index in [4.69, 9.17) is 14.2 Å². The summed E-state index contributed by atoms with van der Waals surface area (Å²) in [6.07, 6.45) is 21.7. The molecule has 0 bridgehead atoms. The van der Waals surface area contributed by atoms with Crippen molar-refractivity contribution in [1.82, 2.24) is 0 Å². The Morgan fingerprint density at radius 3 is 2.78 bits per heavy atom. The van der Waals surface area contributed by atoms with Gasteiger partial charge in [0.2, 0.25) is 0 Å². The lowest BCUT2D eigenvalue weighted by Crippen LogP contribution is -2.30. The van der Waals surface area contributed by atoms with Gasteiger partial charge in [0.25, 0.3) is 0 Å². The first-order chi connectivity index (χ1) is 17.4. The lowest BCUT2D eigenvalue weighted by atomic mass is 9.88. The van der Waals surface area contributed by atoms with Crippen molar-refractivity contribution in [3.05, 3.63) is 47.6 Å². The number of rotatable bonds is 13. The number of allylic oxidation sites excluding steroid dienone is 7. The Bertz CT molecular complexity index is 841. The number of methoxy groups -OCH3 is 1. The van der Waals surface area contributed by atoms with Crippen LogP contribution in [0.3, 0.4) is 0 Å². The number of carbonyl (C=O) groups excluding carboxylic acids is 2. The van der Waals surface area contributed by atoms with E-state index in [9.17, 15) is 9.59 Å². The van der Waals surface area contributed by atoms with Gasteiger partial charge < -0.3 is 14.2 Å². The second kappa shape index (κ2) is 14.7. The number of fused-ring (bicyclic) bond motifs is 1. The second-order valence-electron chi connectivity index (χ2n) is 11.1. The summed E-state index contributed by atoms with van der Waals surface area (Å²) < 4.78 is 17.1. The van der Waals surface area contributed by atoms with Crippen molar-refractivity contribution in [1.29, 1.82) is 0 Å². The SMILES string of the molecule is COC(=O)CCC=CC1=C[C@H]2C[C@@H](OC3CCCCO3)[C@@H](C=CC(=O)C[C@H](C)CCC=C(C)C)[C@@H]2C1. The molecule has 0 amide bonds. The van der Waals surface area contributed by atoms with Gasteiger partial charge in [0, 0.05) is 25.4 Å². The van der Waals surface area contributed by atoms with E-state index >= 15 is 0 Å². The fourth-order valence-electron chi connectivity index (χ4n) is 5.73. The molecule has 1 aliphatic heterocycles. The molecular formula is C31H46O5. The van der Waals surface area contributed by atoms with Gasteiger partial charge in [0.1, 0.15) is 0 Å². The van der Waals surface area contributed by atoms with Gasteiger partial charge >= 0.3 is 5.97 Å². The van der Waals surface area contributed by atoms with Crippen LogP contribution in [-0.2, 0) is 23.8 Å². The molecule has 5 nitrogen and oxygen atoms in total. The maximum absolute atomic E-state index is 12.8. The molecule has 0 radical (unpaired) electrons. The van der Waals surface area contributed by atoms with Crippen LogP contribution in [0, 0.1) is 23.7 Å². The van der Waals surface area contributed by atoms with Gasteiger partial charge in [-0.15, -0.1) is 0 Å². The lowest BCUT2D eigenvalue weighted by Gasteiger charge is -2.29. The third kappa shape index (κ3) is 9.15. The number of hydrogen-bond donors (Lipinski definition) is 0. The summed E-state index contributed by atoms with van der Waals surface area (Å²) in [5, 5.41) is 0. The van der Waals surface area contributed by atoms with Crippen LogP contribution < -0.4 is 0 Å². The first-order valence-electron chi connectivity index (χ1n) is 13.9. The summed E-state index contributed by atoms with van der Waals surface area (Å²) in [6, 6.07) is 0. The third-order valence-corrected chi connectivity index (χ3v) is 7.68. The molecule has 1 unspecified atom stereocenters. The average molecular weight is 499 g/mol. The number of ketones is 1. The fraction of sp³-hybridized carbons (Fsp3) is 0.677. The molecule has 3 rings (SSSR count). The highest BCUT2D eigenvalue weighted by Crippen LogP contribution is 2.49. The first-order valence-corrected chi connectivity index (χ1v) is 13.9. The number of hydrogen-bond acceptors (Lipinski definition) is 5. The molecule has 0 N–H and O–H groups in total. The Morgan fingerprint density at radius 2 is 2.06 bits per heavy atom. The number of esters is 1. The van der Waals surface area contributed by atoms with E-state index in [0.29, 0.717) is 37.0 Å². The van der Waals surface area contributed by atoms with Crippen LogP contribution in [0.5, 0.6) is 0 Å². The van der Waals surface area contributed by atoms with Crippen LogP contribution in [0.25, 0.3) is 0 Å². The van der Waals surface area contributed by atoms with E-state index in [1.54, 1.807) is 0 Å². The summed E-state index contributed by atoms with van der Waals surface area (Å²) in [7, 11) is 1.42. The van der Waals surface area contributed by atoms with Crippen LogP contribution >= 0.6 is 0 Å². The molecule has 5 heteroatoms. The molecule has 0 spiro atoms. The third-order valence-electron chi connectivity index (χ3n) is 7.68. The van der Waals surface area contributed by atoms with E-state index in [1.807, 2.05) is 6.08 Å². The largest absolute Gasteiger partial charge is 0.469 e. The zero-order valence-electron chi connectivity index (χ0n) is 22.7. The molecule has 1 heterocycles. The van der Waals surface area contributed by atoms with Gasteiger partial charge in [-0.25, -0.2) is 0 Å². The van der Waals surface area contributed by atoms with Crippen LogP contribution in [0.2, 0.25) is 0 Å². The standard InChI is InChI=1S/C31H46O5/c1-22(2)10-9-11-23(3)18-26(32)15-16-27-28-20-24(12-5-6-13-30(33)34-4)19-25(28)21-29(27)36-31-14-7-8-17-35-31/h5,10,12,15-16,19,23,25,27-29,31H,6-9,11,13-14,17-18,20-21H2,1-4H3/t23-,25+,27+,28-,29-,31?/m1/s1. The minimum Gasteiger partial charge on any atom is -0.469 e. The Morgan fingerprint density at radius 1 is 1.22 bits per heavy atom. The van der Waals surface area contributed by atoms with E-state index in [2.05, 4.69) is 51.2 Å². The highest BCUT2D eigenvalue weighted by Gasteiger charge is 2.45. The maximum Gasteiger partial charge on any atom is 0.305 e. The molecule has 3 aliphatic rings. The van der Waals surface area contributed by atoms with Crippen molar-refractivity contribution in [2.45, 2.75) is 97.4 Å². The summed E-state index contributed by atoms with van der Waals surface area (Å²) in [6.45, 7) is 7.17. The summed E-state index contributed by atoms with van der Waals surface area (Å²) in [4.78, 5) is 24.1. The fourth-order valence-corrected chi connectivity index (χ4v) is 5.73. The van der Waals surface area contributed by atoms with Gasteiger partial charge in [-0.2, -0.15) is 0 Å². The molecule has 0 aromatic carbocycles. The van der Waals surface area contributed by atoms with Crippen molar-refractivity contribution in [3.8, 4) is 0 Å². The van der Waals surface area contributed by atoms with E-state index in [-0.39, 0.29) is 30.1 Å². The zero-order valence-corrected chi connectivity index (χ0v) is 22.7. The van der Waals surface area contributed by atoms with Crippen LogP contribution in [0.4, 0.5) is 0 Å². The minimum atomic E-state index is -0.178. The number of carbonyl (C=O) groups is 2. The molecule has 0 aromatic rings. The Labute approximate surface area is 218 Å². The molecule has 36 heavy (non-hydrogen) atoms. The summed E-state index contributed by atoms with van der Waals surface area (Å²) in [5.41, 5.74) is 2.65. The summed E-state index contributed by atoms with van der Waals surface area (Å²) >= 11 is 0. The van der Waals surface area contributed by atoms with E-state index in [1.165, 1.54) is 18.3 Å².